The Morgan fingerprint density at radius 3 is 1.32 bits per heavy atom. The van der Waals surface area contributed by atoms with Gasteiger partial charge in [0.25, 0.3) is 0 Å². The molecule has 0 radical (unpaired) electrons. The molecular weight excluding hydrogens is 428 g/mol. The molecule has 2 amide bonds. The molecule has 0 saturated carbocycles. The van der Waals surface area contributed by atoms with E-state index in [-0.39, 0.29) is 40.1 Å². The van der Waals surface area contributed by atoms with Gasteiger partial charge in [0.05, 0.1) is 0 Å². The molecule has 186 valence electrons. The summed E-state index contributed by atoms with van der Waals surface area (Å²) in [5, 5.41) is 28.3. The van der Waals surface area contributed by atoms with E-state index >= 15 is 0 Å². The molecule has 0 aliphatic heterocycles. The normalized spacial score (nSPS) is 12.1. The maximum absolute atomic E-state index is 11.5. The fourth-order valence-corrected chi connectivity index (χ4v) is 4.07. The maximum Gasteiger partial charge on any atom is 0.217 e. The number of hydrogen-bond donors (Lipinski definition) is 4. The number of benzene rings is 2. The summed E-state index contributed by atoms with van der Waals surface area (Å²) >= 11 is 0. The highest BCUT2D eigenvalue weighted by Gasteiger charge is 2.28. The molecule has 0 saturated heterocycles. The molecule has 4 N–H and O–H groups in total. The summed E-state index contributed by atoms with van der Waals surface area (Å²) in [5.74, 6) is -0.209. The van der Waals surface area contributed by atoms with Crippen LogP contribution < -0.4 is 10.6 Å². The number of hydrogen-bond acceptors (Lipinski definition) is 4. The predicted molar refractivity (Wildman–Crippen MR) is 136 cm³/mol. The number of aromatic hydroxyl groups is 2. The van der Waals surface area contributed by atoms with E-state index in [1.54, 1.807) is 0 Å². The third-order valence-electron chi connectivity index (χ3n) is 6.03. The van der Waals surface area contributed by atoms with Crippen LogP contribution in [0.15, 0.2) is 24.3 Å². The van der Waals surface area contributed by atoms with Crippen LogP contribution in [0.4, 0.5) is 0 Å². The quantitative estimate of drug-likeness (QED) is 0.473. The van der Waals surface area contributed by atoms with Crippen LogP contribution in [0.25, 0.3) is 0 Å². The van der Waals surface area contributed by atoms with Gasteiger partial charge < -0.3 is 20.8 Å². The van der Waals surface area contributed by atoms with Crippen LogP contribution >= 0.6 is 0 Å². The number of phenolic OH excluding ortho intramolecular Hbond substituents is 2. The molecular formula is C28H40N2O4. The van der Waals surface area contributed by atoms with Crippen molar-refractivity contribution in [3.63, 3.8) is 0 Å². The van der Waals surface area contributed by atoms with Gasteiger partial charge in [-0.2, -0.15) is 0 Å². The number of phenols is 2. The lowest BCUT2D eigenvalue weighted by Gasteiger charge is -2.28. The summed E-state index contributed by atoms with van der Waals surface area (Å²) in [6.07, 6.45) is 0. The van der Waals surface area contributed by atoms with E-state index in [2.05, 4.69) is 10.6 Å². The molecule has 0 bridgehead atoms. The van der Waals surface area contributed by atoms with Crippen LogP contribution in [0.2, 0.25) is 0 Å². The van der Waals surface area contributed by atoms with Gasteiger partial charge in [-0.3, -0.25) is 9.59 Å². The van der Waals surface area contributed by atoms with Crippen molar-refractivity contribution in [3.05, 3.63) is 57.6 Å². The van der Waals surface area contributed by atoms with E-state index in [1.807, 2.05) is 72.7 Å². The van der Waals surface area contributed by atoms with E-state index in [0.29, 0.717) is 24.2 Å². The van der Waals surface area contributed by atoms with Crippen LogP contribution in [0.3, 0.4) is 0 Å². The smallest absolute Gasteiger partial charge is 0.217 e. The van der Waals surface area contributed by atoms with Crippen LogP contribution in [-0.4, -0.2) is 22.0 Å². The van der Waals surface area contributed by atoms with Crippen LogP contribution in [0, 0.1) is 0 Å². The molecule has 0 fully saturated rings. The molecule has 2 aromatic carbocycles. The van der Waals surface area contributed by atoms with Crippen molar-refractivity contribution in [2.75, 3.05) is 0 Å². The van der Waals surface area contributed by atoms with Crippen molar-refractivity contribution in [1.29, 1.82) is 0 Å². The van der Waals surface area contributed by atoms with Crippen molar-refractivity contribution in [2.45, 2.75) is 92.2 Å². The summed E-state index contributed by atoms with van der Waals surface area (Å²) in [6, 6.07) is 7.63. The molecule has 34 heavy (non-hydrogen) atoms. The molecule has 0 aliphatic carbocycles. The highest BCUT2D eigenvalue weighted by atomic mass is 16.3. The summed E-state index contributed by atoms with van der Waals surface area (Å²) in [5.41, 5.74) is 4.03. The Kier molecular flexibility index (Phi) is 8.07. The Hall–Kier alpha value is -3.02. The lowest BCUT2D eigenvalue weighted by Crippen LogP contribution is -2.21. The second kappa shape index (κ2) is 10.1. The Morgan fingerprint density at radius 2 is 1.06 bits per heavy atom. The molecule has 2 rings (SSSR count). The third kappa shape index (κ3) is 6.52. The molecule has 0 spiro atoms. The van der Waals surface area contributed by atoms with Crippen molar-refractivity contribution in [2.24, 2.45) is 0 Å². The minimum Gasteiger partial charge on any atom is -0.507 e. The molecule has 0 aromatic heterocycles. The Bertz CT molecular complexity index is 990. The third-order valence-corrected chi connectivity index (χ3v) is 6.03. The van der Waals surface area contributed by atoms with E-state index in [1.165, 1.54) is 13.8 Å². The zero-order valence-corrected chi connectivity index (χ0v) is 22.0. The van der Waals surface area contributed by atoms with Crippen molar-refractivity contribution in [1.82, 2.24) is 10.6 Å². The van der Waals surface area contributed by atoms with Gasteiger partial charge in [-0.05, 0) is 57.3 Å². The minimum absolute atomic E-state index is 0.127. The average molecular weight is 469 g/mol. The van der Waals surface area contributed by atoms with E-state index in [0.717, 1.165) is 22.3 Å². The molecule has 0 aliphatic rings. The van der Waals surface area contributed by atoms with Crippen LogP contribution in [0.5, 0.6) is 11.5 Å². The highest BCUT2D eigenvalue weighted by molar-refractivity contribution is 5.73. The highest BCUT2D eigenvalue weighted by Crippen LogP contribution is 2.44. The first-order valence-corrected chi connectivity index (χ1v) is 11.7. The van der Waals surface area contributed by atoms with Gasteiger partial charge in [0, 0.05) is 44.0 Å². The number of carbonyl (C=O) groups is 2. The lowest BCUT2D eigenvalue weighted by atomic mass is 9.78. The van der Waals surface area contributed by atoms with Gasteiger partial charge in [-0.1, -0.05) is 48.5 Å². The molecule has 0 unspecified atom stereocenters. The van der Waals surface area contributed by atoms with Crippen molar-refractivity contribution < 1.29 is 19.8 Å². The Morgan fingerprint density at radius 1 is 0.735 bits per heavy atom. The fraction of sp³-hybridized carbons (Fsp3) is 0.500. The van der Waals surface area contributed by atoms with Crippen LogP contribution in [0.1, 0.15) is 102 Å². The molecule has 2 aromatic rings. The fourth-order valence-electron chi connectivity index (χ4n) is 4.07. The topological polar surface area (TPSA) is 98.7 Å². The van der Waals surface area contributed by atoms with E-state index in [4.69, 9.17) is 0 Å². The second-order valence-corrected chi connectivity index (χ2v) is 11.2. The maximum atomic E-state index is 11.5. The van der Waals surface area contributed by atoms with Gasteiger partial charge in [0.1, 0.15) is 11.5 Å². The summed E-state index contributed by atoms with van der Waals surface area (Å²) in [7, 11) is 0. The average Bonchev–Trinajstić information content (AvgIpc) is 2.69. The SMILES string of the molecule is CC(=O)NCc1cc(C(C)c2cc(CNC(C)=O)cc(C(C)(C)C)c2O)c(O)c(C(C)(C)C)c1. The lowest BCUT2D eigenvalue weighted by molar-refractivity contribution is -0.120. The van der Waals surface area contributed by atoms with Gasteiger partial charge in [0.2, 0.25) is 11.8 Å². The molecule has 6 heteroatoms. The van der Waals surface area contributed by atoms with Gasteiger partial charge >= 0.3 is 0 Å². The first-order chi connectivity index (χ1) is 15.5. The Labute approximate surface area is 203 Å². The standard InChI is InChI=1S/C28H40N2O4/c1-16(21-10-19(14-29-17(2)31)12-23(25(21)33)27(4,5)6)22-11-20(15-30-18(3)32)13-24(26(22)34)28(7,8)9/h10-13,16,33-34H,14-15H2,1-9H3,(H,29,31)(H,30,32). The largest absolute Gasteiger partial charge is 0.507 e. The van der Waals surface area contributed by atoms with Gasteiger partial charge in [0.15, 0.2) is 0 Å². The van der Waals surface area contributed by atoms with Crippen molar-refractivity contribution in [3.8, 4) is 11.5 Å². The van der Waals surface area contributed by atoms with Gasteiger partial charge in [-0.25, -0.2) is 0 Å². The first kappa shape index (κ1) is 27.2. The Balaban J connectivity index is 2.72. The zero-order valence-electron chi connectivity index (χ0n) is 22.0. The first-order valence-electron chi connectivity index (χ1n) is 11.7. The summed E-state index contributed by atoms with van der Waals surface area (Å²) < 4.78 is 0. The minimum atomic E-state index is -0.336. The zero-order chi connectivity index (χ0) is 26.0. The monoisotopic (exact) mass is 468 g/mol. The summed E-state index contributed by atoms with van der Waals surface area (Å²) in [4.78, 5) is 23.0. The van der Waals surface area contributed by atoms with Gasteiger partial charge in [-0.15, -0.1) is 0 Å². The molecule has 0 heterocycles. The number of nitrogens with one attached hydrogen (secondary N) is 2. The van der Waals surface area contributed by atoms with Crippen LogP contribution in [-0.2, 0) is 33.5 Å². The van der Waals surface area contributed by atoms with E-state index < -0.39 is 0 Å². The summed E-state index contributed by atoms with van der Waals surface area (Å²) in [6.45, 7) is 17.8. The van der Waals surface area contributed by atoms with Crippen molar-refractivity contribution >= 4 is 11.8 Å². The molecule has 6 nitrogen and oxygen atoms in total. The predicted octanol–water partition coefficient (Wildman–Crippen LogP) is 5.12. The molecule has 0 atom stereocenters. The number of carbonyl (C=O) groups excluding carboxylic acids is 2. The second-order valence-electron chi connectivity index (χ2n) is 11.2. The van der Waals surface area contributed by atoms with E-state index in [9.17, 15) is 19.8 Å². The number of rotatable bonds is 6. The number of amides is 2.